The first-order valence-corrected chi connectivity index (χ1v) is 7.18. The van der Waals surface area contributed by atoms with Crippen molar-refractivity contribution in [3.63, 3.8) is 0 Å². The van der Waals surface area contributed by atoms with E-state index in [0.29, 0.717) is 0 Å². The summed E-state index contributed by atoms with van der Waals surface area (Å²) in [4.78, 5) is 0. The van der Waals surface area contributed by atoms with Crippen LogP contribution in [0, 0.1) is 0 Å². The van der Waals surface area contributed by atoms with E-state index >= 15 is 0 Å². The van der Waals surface area contributed by atoms with Crippen LogP contribution in [0.3, 0.4) is 0 Å². The van der Waals surface area contributed by atoms with E-state index in [9.17, 15) is 0 Å². The lowest BCUT2D eigenvalue weighted by atomic mass is 10.5. The van der Waals surface area contributed by atoms with Crippen molar-refractivity contribution in [2.75, 3.05) is 0 Å². The fraction of sp³-hybridized carbons (Fsp3) is 1.00. The van der Waals surface area contributed by atoms with Crippen molar-refractivity contribution in [2.45, 2.75) is 20.0 Å². The summed E-state index contributed by atoms with van der Waals surface area (Å²) in [5.74, 6) is 0. The number of thiol groups is 2. The summed E-state index contributed by atoms with van der Waals surface area (Å²) >= 11 is 12.7. The Bertz CT molecular complexity index is 107. The molecule has 0 aliphatic heterocycles. The summed E-state index contributed by atoms with van der Waals surface area (Å²) in [6.45, 7) is 3.82. The van der Waals surface area contributed by atoms with Crippen molar-refractivity contribution in [3.8, 4) is 0 Å². The van der Waals surface area contributed by atoms with Gasteiger partial charge in [0.2, 0.25) is 0 Å². The standard InChI is InChI=1S/C3H9OPS3/c1-3(2)4-5(6,7)8/h3H,1-2H3,(H2,6,7,8). The minimum Gasteiger partial charge on any atom is -0.332 e. The smallest absolute Gasteiger partial charge is 0.168 e. The van der Waals surface area contributed by atoms with Gasteiger partial charge in [-0.25, -0.2) is 0 Å². The van der Waals surface area contributed by atoms with Gasteiger partial charge in [-0.15, -0.1) is 24.5 Å². The van der Waals surface area contributed by atoms with Crippen molar-refractivity contribution >= 4 is 41.0 Å². The van der Waals surface area contributed by atoms with Gasteiger partial charge in [-0.1, -0.05) is 0 Å². The lowest BCUT2D eigenvalue weighted by Gasteiger charge is -2.11. The minimum absolute atomic E-state index is 0.135. The Kier molecular flexibility index (Phi) is 4.04. The lowest BCUT2D eigenvalue weighted by molar-refractivity contribution is 0.282. The van der Waals surface area contributed by atoms with E-state index in [1.54, 1.807) is 0 Å². The van der Waals surface area contributed by atoms with Gasteiger partial charge < -0.3 is 4.52 Å². The van der Waals surface area contributed by atoms with Gasteiger partial charge in [0.15, 0.2) is 4.67 Å². The first-order chi connectivity index (χ1) is 3.42. The van der Waals surface area contributed by atoms with Crippen LogP contribution in [0.25, 0.3) is 0 Å². The summed E-state index contributed by atoms with van der Waals surface area (Å²) in [6.07, 6.45) is 0.135. The number of rotatable bonds is 2. The third-order valence-corrected chi connectivity index (χ3v) is 1.87. The Labute approximate surface area is 65.6 Å². The zero-order valence-electron chi connectivity index (χ0n) is 4.74. The van der Waals surface area contributed by atoms with Crippen LogP contribution in [0.15, 0.2) is 0 Å². The van der Waals surface area contributed by atoms with Crippen molar-refractivity contribution in [1.82, 2.24) is 0 Å². The molecule has 0 saturated carbocycles. The van der Waals surface area contributed by atoms with Crippen molar-refractivity contribution in [3.05, 3.63) is 0 Å². The first-order valence-electron chi connectivity index (χ1n) is 2.16. The van der Waals surface area contributed by atoms with Crippen LogP contribution in [0.5, 0.6) is 0 Å². The van der Waals surface area contributed by atoms with Crippen LogP contribution >= 0.6 is 29.2 Å². The molecule has 0 saturated heterocycles. The topological polar surface area (TPSA) is 9.23 Å². The van der Waals surface area contributed by atoms with E-state index in [-0.39, 0.29) is 6.10 Å². The molecule has 0 spiro atoms. The van der Waals surface area contributed by atoms with E-state index in [4.69, 9.17) is 16.3 Å². The molecule has 0 bridgehead atoms. The van der Waals surface area contributed by atoms with Crippen molar-refractivity contribution in [1.29, 1.82) is 0 Å². The molecule has 5 heteroatoms. The summed E-state index contributed by atoms with van der Waals surface area (Å²) in [5, 5.41) is 0. The summed E-state index contributed by atoms with van der Waals surface area (Å²) < 4.78 is 3.09. The summed E-state index contributed by atoms with van der Waals surface area (Å²) in [7, 11) is 0. The molecule has 0 N–H and O–H groups in total. The quantitative estimate of drug-likeness (QED) is 0.509. The molecule has 0 heterocycles. The van der Waals surface area contributed by atoms with E-state index in [0.717, 1.165) is 0 Å². The van der Waals surface area contributed by atoms with Crippen LogP contribution in [0.1, 0.15) is 13.8 Å². The van der Waals surface area contributed by atoms with Crippen LogP contribution in [0.4, 0.5) is 0 Å². The normalized spacial score (nSPS) is 12.6. The van der Waals surface area contributed by atoms with Gasteiger partial charge in [-0.3, -0.25) is 0 Å². The monoisotopic (exact) mass is 188 g/mol. The zero-order valence-corrected chi connectivity index (χ0v) is 8.24. The largest absolute Gasteiger partial charge is 0.332 e. The molecule has 0 amide bonds. The van der Waals surface area contributed by atoms with Gasteiger partial charge in [0.1, 0.15) is 0 Å². The second-order valence-corrected chi connectivity index (χ2v) is 10.3. The average molecular weight is 188 g/mol. The van der Waals surface area contributed by atoms with E-state index in [2.05, 4.69) is 24.5 Å². The predicted octanol–water partition coefficient (Wildman–Crippen LogP) is 2.50. The molecule has 8 heavy (non-hydrogen) atoms. The highest BCUT2D eigenvalue weighted by atomic mass is 33.2. The van der Waals surface area contributed by atoms with Crippen LogP contribution < -0.4 is 0 Å². The fourth-order valence-corrected chi connectivity index (χ4v) is 2.47. The molecule has 0 aromatic heterocycles. The Hall–Kier alpha value is 1.31. The average Bonchev–Trinajstić information content (AvgIpc) is 1.21. The fourth-order valence-electron chi connectivity index (χ4n) is 0.275. The third-order valence-electron chi connectivity index (χ3n) is 0.348. The molecule has 0 unspecified atom stereocenters. The molecule has 0 radical (unpaired) electrons. The summed E-state index contributed by atoms with van der Waals surface area (Å²) in [6, 6.07) is 0. The summed E-state index contributed by atoms with van der Waals surface area (Å²) in [5.41, 5.74) is 0. The van der Waals surface area contributed by atoms with E-state index in [1.807, 2.05) is 13.8 Å². The molecule has 0 aliphatic rings. The van der Waals surface area contributed by atoms with Gasteiger partial charge in [0.25, 0.3) is 0 Å². The van der Waals surface area contributed by atoms with Crippen molar-refractivity contribution in [2.24, 2.45) is 0 Å². The van der Waals surface area contributed by atoms with Crippen LogP contribution in [-0.4, -0.2) is 6.10 Å². The molecule has 50 valence electrons. The van der Waals surface area contributed by atoms with Gasteiger partial charge in [0.05, 0.1) is 6.10 Å². The van der Waals surface area contributed by atoms with Crippen molar-refractivity contribution < 1.29 is 4.52 Å². The molecule has 1 nitrogen and oxygen atoms in total. The minimum atomic E-state index is -2.00. The maximum absolute atomic E-state index is 5.09. The van der Waals surface area contributed by atoms with Crippen LogP contribution in [0.2, 0.25) is 0 Å². The maximum Gasteiger partial charge on any atom is 0.168 e. The molecule has 0 aliphatic carbocycles. The zero-order chi connectivity index (χ0) is 6.78. The van der Waals surface area contributed by atoms with Gasteiger partial charge in [0, 0.05) is 0 Å². The Morgan fingerprint density at radius 1 is 1.50 bits per heavy atom. The molecule has 0 rings (SSSR count). The molecular formula is C3H9OPS3. The predicted molar refractivity (Wildman–Crippen MR) is 48.5 cm³/mol. The van der Waals surface area contributed by atoms with E-state index < -0.39 is 4.67 Å². The SMILES string of the molecule is CC(C)OP(=S)(S)S. The second kappa shape index (κ2) is 3.47. The highest BCUT2D eigenvalue weighted by molar-refractivity contribution is 8.90. The second-order valence-electron chi connectivity index (χ2n) is 1.64. The molecule has 0 aromatic carbocycles. The third kappa shape index (κ3) is 7.31. The number of hydrogen-bond donors (Lipinski definition) is 2. The molecule has 0 atom stereocenters. The highest BCUT2D eigenvalue weighted by Crippen LogP contribution is 2.57. The molecule has 0 aromatic rings. The van der Waals surface area contributed by atoms with E-state index in [1.165, 1.54) is 0 Å². The Morgan fingerprint density at radius 3 is 1.88 bits per heavy atom. The Balaban J connectivity index is 3.56. The van der Waals surface area contributed by atoms with Gasteiger partial charge in [-0.05, 0) is 25.7 Å². The lowest BCUT2D eigenvalue weighted by Crippen LogP contribution is -1.93. The number of hydrogen-bond acceptors (Lipinski definition) is 2. The first kappa shape index (κ1) is 9.31. The Morgan fingerprint density at radius 2 is 1.88 bits per heavy atom. The van der Waals surface area contributed by atoms with Gasteiger partial charge >= 0.3 is 0 Å². The maximum atomic E-state index is 5.09. The van der Waals surface area contributed by atoms with Crippen LogP contribution in [-0.2, 0) is 16.3 Å². The molecular weight excluding hydrogens is 179 g/mol. The molecule has 0 fully saturated rings. The van der Waals surface area contributed by atoms with Gasteiger partial charge in [-0.2, -0.15) is 0 Å². The highest BCUT2D eigenvalue weighted by Gasteiger charge is 2.05.